The van der Waals surface area contributed by atoms with E-state index in [0.717, 1.165) is 12.8 Å². The van der Waals surface area contributed by atoms with E-state index in [-0.39, 0.29) is 30.7 Å². The summed E-state index contributed by atoms with van der Waals surface area (Å²) >= 11 is 0. The number of nitrogens with two attached hydrogens (primary N) is 2. The molecule has 0 saturated carbocycles. The van der Waals surface area contributed by atoms with E-state index >= 15 is 0 Å². The standard InChI is InChI=1S/C19H34N4O5.C11H20N2O4.C8H16N2O2.CH3F/c1-13(8-7-10-21-14(2)20)15(24)23-11-9-19(12-23,16(25)27-6)22-17(26)28-18(3,4)5;1-10(2,3)17-9(15)13-11(8(14)16-4)5-6-12-7-11;1-6(8(11)12)4-3-5-10-7(2)9;1-2/h13H,7-12H2,1-6H3,(H2,20,21)(H,22,26);12H,5-7H2,1-4H3,(H,13,15);6H,3-5H2,1-2H3,(H2,9,10)(H,11,12);1H3/t13-,19?;;6-;/m1.1./s1/i;;;1D. The van der Waals surface area contributed by atoms with Gasteiger partial charge in [0.1, 0.15) is 11.2 Å². The van der Waals surface area contributed by atoms with E-state index in [1.165, 1.54) is 14.2 Å². The second-order valence-electron chi connectivity index (χ2n) is 16.3. The Morgan fingerprint density at radius 3 is 1.63 bits per heavy atom. The molecule has 0 radical (unpaired) electrons. The monoisotopic (exact) mass is 850 g/mol. The number of carbonyl (C=O) groups is 6. The summed E-state index contributed by atoms with van der Waals surface area (Å²) < 4.78 is 35.5. The molecule has 2 aliphatic rings. The van der Waals surface area contributed by atoms with Crippen LogP contribution in [0.3, 0.4) is 0 Å². The topological polar surface area (TPSA) is 276 Å². The maximum absolute atomic E-state index is 12.8. The van der Waals surface area contributed by atoms with Crippen LogP contribution in [0.25, 0.3) is 0 Å². The summed E-state index contributed by atoms with van der Waals surface area (Å²) in [6.45, 7) is 20.1. The first-order chi connectivity index (χ1) is 27.6. The van der Waals surface area contributed by atoms with Gasteiger partial charge in [0, 0.05) is 38.5 Å². The van der Waals surface area contributed by atoms with Crippen molar-refractivity contribution in [3.05, 3.63) is 0 Å². The number of nitrogens with zero attached hydrogens (tertiary/aromatic N) is 3. The van der Waals surface area contributed by atoms with Crippen LogP contribution in [0.1, 0.15) is 109 Å². The van der Waals surface area contributed by atoms with Crippen molar-refractivity contribution in [3.63, 3.8) is 0 Å². The molecule has 0 aromatic carbocycles. The molecule has 8 N–H and O–H groups in total. The first kappa shape index (κ1) is 54.2. The number of aliphatic imine (C=N–C) groups is 2. The van der Waals surface area contributed by atoms with Crippen molar-refractivity contribution in [2.75, 3.05) is 60.6 Å². The minimum Gasteiger partial charge on any atom is -0.481 e. The van der Waals surface area contributed by atoms with Crippen molar-refractivity contribution in [2.24, 2.45) is 33.3 Å². The zero-order valence-corrected chi connectivity index (χ0v) is 37.3. The third kappa shape index (κ3) is 23.4. The Morgan fingerprint density at radius 1 is 0.831 bits per heavy atom. The highest BCUT2D eigenvalue weighted by Gasteiger charge is 2.49. The number of carboxylic acids is 1. The predicted octanol–water partition coefficient (Wildman–Crippen LogP) is 3.31. The molecule has 2 unspecified atom stereocenters. The van der Waals surface area contributed by atoms with Crippen LogP contribution in [0.5, 0.6) is 0 Å². The predicted molar refractivity (Wildman–Crippen MR) is 223 cm³/mol. The molecule has 3 amide bonds. The van der Waals surface area contributed by atoms with Gasteiger partial charge in [0.05, 0.1) is 46.9 Å². The average molecular weight is 850 g/mol. The van der Waals surface area contributed by atoms with Gasteiger partial charge in [-0.05, 0) is 94.0 Å². The number of carboxylic acid groups (broad SMARTS) is 1. The molecule has 20 heteroatoms. The zero-order valence-electron chi connectivity index (χ0n) is 38.3. The molecular weight excluding hydrogens is 775 g/mol. The van der Waals surface area contributed by atoms with Gasteiger partial charge in [-0.2, -0.15) is 0 Å². The molecule has 0 aromatic heterocycles. The van der Waals surface area contributed by atoms with Crippen molar-refractivity contribution >= 4 is 47.7 Å². The Kier molecular flexibility index (Phi) is 24.9. The van der Waals surface area contributed by atoms with Crippen molar-refractivity contribution in [1.29, 1.82) is 0 Å². The minimum atomic E-state index is -1.30. The van der Waals surface area contributed by atoms with Crippen LogP contribution >= 0.6 is 0 Å². The molecule has 19 nitrogen and oxygen atoms in total. The molecule has 0 spiro atoms. The summed E-state index contributed by atoms with van der Waals surface area (Å²) in [5.41, 5.74) is 7.22. The lowest BCUT2D eigenvalue weighted by atomic mass is 9.99. The SMILES string of the molecule is CC(N)=NCCC[C@@H](C)C(=O)O.COC(=O)C1(NC(=O)OC(C)(C)C)CCN(C(=O)[C@H](C)CCCN=C(C)N)C1.COC(=O)C1(NC(=O)OC(C)(C)C)CCNC1.[2H]CF. The van der Waals surface area contributed by atoms with E-state index < -0.39 is 59.5 Å². The van der Waals surface area contributed by atoms with Crippen LogP contribution in [0.15, 0.2) is 9.98 Å². The number of likely N-dealkylation sites (tertiary alicyclic amines) is 1. The fourth-order valence-electron chi connectivity index (χ4n) is 5.59. The number of carbonyl (C=O) groups excluding carboxylic acids is 5. The average Bonchev–Trinajstić information content (AvgIpc) is 3.78. The number of ether oxygens (including phenoxy) is 4. The van der Waals surface area contributed by atoms with Gasteiger partial charge >= 0.3 is 30.1 Å². The number of hydrogen-bond acceptors (Lipinski definition) is 13. The molecule has 2 saturated heterocycles. The molecule has 2 fully saturated rings. The summed E-state index contributed by atoms with van der Waals surface area (Å²) in [6.07, 6.45) is 2.30. The van der Waals surface area contributed by atoms with E-state index in [2.05, 4.69) is 25.9 Å². The van der Waals surface area contributed by atoms with Crippen molar-refractivity contribution < 1.29 is 58.6 Å². The normalized spacial score (nSPS) is 20.3. The third-order valence-electron chi connectivity index (χ3n) is 8.53. The van der Waals surface area contributed by atoms with Crippen LogP contribution in [0, 0.1) is 11.8 Å². The molecule has 0 aliphatic carbocycles. The summed E-state index contributed by atoms with van der Waals surface area (Å²) in [5.74, 6) is -1.27. The fourth-order valence-corrected chi connectivity index (χ4v) is 5.59. The Morgan fingerprint density at radius 2 is 1.25 bits per heavy atom. The highest BCUT2D eigenvalue weighted by Crippen LogP contribution is 2.26. The maximum atomic E-state index is 12.8. The smallest absolute Gasteiger partial charge is 0.408 e. The lowest BCUT2D eigenvalue weighted by Crippen LogP contribution is -2.58. The Balaban J connectivity index is 0. The molecule has 0 aromatic rings. The first-order valence-corrected chi connectivity index (χ1v) is 19.4. The Bertz CT molecular complexity index is 1430. The molecule has 2 heterocycles. The summed E-state index contributed by atoms with van der Waals surface area (Å²) in [6, 6.07) is 0. The largest absolute Gasteiger partial charge is 0.481 e. The zero-order chi connectivity index (χ0) is 46.9. The van der Waals surface area contributed by atoms with Crippen LogP contribution in [0.2, 0.25) is 0 Å². The van der Waals surface area contributed by atoms with Crippen molar-refractivity contribution in [3.8, 4) is 0 Å². The fraction of sp³-hybridized carbons (Fsp3) is 0.795. The summed E-state index contributed by atoms with van der Waals surface area (Å²) in [4.78, 5) is 80.8. The number of methoxy groups -OCH3 is 2. The molecule has 59 heavy (non-hydrogen) atoms. The molecule has 4 atom stereocenters. The number of hydrogen-bond donors (Lipinski definition) is 6. The molecular formula is C39H73FN8O11. The third-order valence-corrected chi connectivity index (χ3v) is 8.53. The van der Waals surface area contributed by atoms with Gasteiger partial charge in [-0.1, -0.05) is 13.8 Å². The number of amides is 3. The van der Waals surface area contributed by atoms with E-state index in [4.69, 9.17) is 36.9 Å². The van der Waals surface area contributed by atoms with E-state index in [9.17, 15) is 33.2 Å². The lowest BCUT2D eigenvalue weighted by molar-refractivity contribution is -0.149. The number of halogens is 1. The number of esters is 2. The van der Waals surface area contributed by atoms with E-state index in [1.54, 1.807) is 67.2 Å². The first-order valence-electron chi connectivity index (χ1n) is 20.1. The van der Waals surface area contributed by atoms with Gasteiger partial charge in [-0.25, -0.2) is 19.2 Å². The molecule has 342 valence electrons. The molecule has 2 rings (SSSR count). The molecule has 0 bridgehead atoms. The van der Waals surface area contributed by atoms with Gasteiger partial charge in [-0.3, -0.25) is 24.0 Å². The minimum absolute atomic E-state index is 0.0577. The highest BCUT2D eigenvalue weighted by atomic mass is 19.1. The van der Waals surface area contributed by atoms with E-state index in [1.807, 2.05) is 6.92 Å². The number of nitrogens with one attached hydrogen (secondary N) is 3. The van der Waals surface area contributed by atoms with E-state index in [0.29, 0.717) is 63.7 Å². The second-order valence-corrected chi connectivity index (χ2v) is 16.3. The quantitative estimate of drug-likeness (QED) is 0.0481. The van der Waals surface area contributed by atoms with Crippen molar-refractivity contribution in [2.45, 2.75) is 130 Å². The van der Waals surface area contributed by atoms with Crippen LogP contribution in [-0.2, 0) is 38.1 Å². The van der Waals surface area contributed by atoms with Gasteiger partial charge < -0.3 is 56.4 Å². The van der Waals surface area contributed by atoms with Crippen LogP contribution < -0.4 is 27.4 Å². The number of alkyl carbamates (subject to hydrolysis) is 2. The number of amidine groups is 2. The van der Waals surface area contributed by atoms with Gasteiger partial charge in [-0.15, -0.1) is 0 Å². The maximum Gasteiger partial charge on any atom is 0.408 e. The number of rotatable bonds is 14. The lowest BCUT2D eigenvalue weighted by Gasteiger charge is -2.30. The van der Waals surface area contributed by atoms with Crippen LogP contribution in [-0.4, -0.2) is 141 Å². The van der Waals surface area contributed by atoms with Gasteiger partial charge in [0.2, 0.25) is 5.91 Å². The number of alkyl halides is 1. The van der Waals surface area contributed by atoms with Gasteiger partial charge in [0.25, 0.3) is 0 Å². The van der Waals surface area contributed by atoms with Crippen molar-refractivity contribution in [1.82, 2.24) is 20.9 Å². The Hall–Kier alpha value is -4.75. The summed E-state index contributed by atoms with van der Waals surface area (Å²) in [5, 5.41) is 16.8. The molecule has 2 aliphatic heterocycles. The van der Waals surface area contributed by atoms with Crippen LogP contribution in [0.4, 0.5) is 14.0 Å². The second kappa shape index (κ2) is 27.1. The number of aliphatic carboxylic acids is 1. The highest BCUT2D eigenvalue weighted by molar-refractivity contribution is 5.89. The summed E-state index contributed by atoms with van der Waals surface area (Å²) in [7, 11) is 1.56. The Labute approximate surface area is 350 Å². The van der Waals surface area contributed by atoms with Gasteiger partial charge in [0.15, 0.2) is 11.1 Å².